The molecule has 3 unspecified atom stereocenters. The minimum Gasteiger partial charge on any atom is -0.375 e. The molecule has 0 bridgehead atoms. The first-order valence-corrected chi connectivity index (χ1v) is 5.75. The van der Waals surface area contributed by atoms with Crippen LogP contribution in [-0.4, -0.2) is 38.5 Å². The average Bonchev–Trinajstić information content (AvgIpc) is 2.97. The Bertz CT molecular complexity index is 182. The number of likely N-dealkylation sites (N-methyl/N-ethyl adjacent to an activating group) is 1. The third-order valence-electron chi connectivity index (χ3n) is 3.22. The summed E-state index contributed by atoms with van der Waals surface area (Å²) in [6.45, 7) is 3.78. The van der Waals surface area contributed by atoms with Crippen LogP contribution in [0.5, 0.6) is 0 Å². The van der Waals surface area contributed by atoms with Crippen LogP contribution in [0.4, 0.5) is 0 Å². The van der Waals surface area contributed by atoms with Crippen LogP contribution in [0.25, 0.3) is 0 Å². The standard InChI is InChI=1S/C11H21NO2/c1-3-13-11-9(12-2)6-10(11)14-7-8-4-5-8/h8-12H,3-7H2,1-2H3. The summed E-state index contributed by atoms with van der Waals surface area (Å²) in [5, 5.41) is 3.26. The molecule has 1 N–H and O–H groups in total. The fourth-order valence-electron chi connectivity index (χ4n) is 1.99. The van der Waals surface area contributed by atoms with Crippen molar-refractivity contribution >= 4 is 0 Å². The number of nitrogens with one attached hydrogen (secondary N) is 1. The first-order valence-electron chi connectivity index (χ1n) is 5.75. The van der Waals surface area contributed by atoms with Gasteiger partial charge in [-0.25, -0.2) is 0 Å². The van der Waals surface area contributed by atoms with Gasteiger partial charge in [0.05, 0.1) is 12.2 Å². The van der Waals surface area contributed by atoms with Gasteiger partial charge in [-0.1, -0.05) is 0 Å². The van der Waals surface area contributed by atoms with E-state index in [0.29, 0.717) is 12.1 Å². The molecule has 0 saturated heterocycles. The second kappa shape index (κ2) is 4.60. The summed E-state index contributed by atoms with van der Waals surface area (Å²) in [6, 6.07) is 0.499. The van der Waals surface area contributed by atoms with Gasteiger partial charge in [0.1, 0.15) is 0 Å². The van der Waals surface area contributed by atoms with E-state index in [1.165, 1.54) is 12.8 Å². The topological polar surface area (TPSA) is 30.5 Å². The normalized spacial score (nSPS) is 36.9. The number of ether oxygens (including phenoxy) is 2. The Morgan fingerprint density at radius 2 is 2.07 bits per heavy atom. The van der Waals surface area contributed by atoms with Crippen LogP contribution in [-0.2, 0) is 9.47 Å². The SMILES string of the molecule is CCOC1C(NC)CC1OCC1CC1. The predicted molar refractivity (Wildman–Crippen MR) is 55.3 cm³/mol. The Morgan fingerprint density at radius 1 is 1.29 bits per heavy atom. The van der Waals surface area contributed by atoms with E-state index in [9.17, 15) is 0 Å². The molecule has 2 saturated carbocycles. The summed E-state index contributed by atoms with van der Waals surface area (Å²) >= 11 is 0. The molecule has 0 aliphatic heterocycles. The molecule has 0 amide bonds. The summed E-state index contributed by atoms with van der Waals surface area (Å²) in [5.74, 6) is 0.853. The lowest BCUT2D eigenvalue weighted by atomic mass is 9.85. The van der Waals surface area contributed by atoms with Gasteiger partial charge >= 0.3 is 0 Å². The fourth-order valence-corrected chi connectivity index (χ4v) is 1.99. The monoisotopic (exact) mass is 199 g/mol. The molecule has 0 radical (unpaired) electrons. The molecule has 0 heterocycles. The van der Waals surface area contributed by atoms with Gasteiger partial charge in [-0.2, -0.15) is 0 Å². The van der Waals surface area contributed by atoms with Gasteiger partial charge in [0.15, 0.2) is 0 Å². The molecule has 2 aliphatic carbocycles. The largest absolute Gasteiger partial charge is 0.375 e. The minimum absolute atomic E-state index is 0.281. The number of hydrogen-bond acceptors (Lipinski definition) is 3. The van der Waals surface area contributed by atoms with E-state index in [1.54, 1.807) is 0 Å². The number of rotatable bonds is 6. The van der Waals surface area contributed by atoms with Crippen LogP contribution in [0.15, 0.2) is 0 Å². The minimum atomic E-state index is 0.281. The molecule has 3 nitrogen and oxygen atoms in total. The first-order chi connectivity index (χ1) is 6.85. The molecule has 2 aliphatic rings. The Hall–Kier alpha value is -0.120. The van der Waals surface area contributed by atoms with Crippen LogP contribution >= 0.6 is 0 Å². The fraction of sp³-hybridized carbons (Fsp3) is 1.00. The second-order valence-corrected chi connectivity index (χ2v) is 4.37. The Labute approximate surface area is 86.2 Å². The lowest BCUT2D eigenvalue weighted by Gasteiger charge is -2.43. The molecule has 3 heteroatoms. The Balaban J connectivity index is 1.69. The zero-order chi connectivity index (χ0) is 9.97. The van der Waals surface area contributed by atoms with E-state index in [-0.39, 0.29) is 6.10 Å². The van der Waals surface area contributed by atoms with Crippen molar-refractivity contribution in [1.29, 1.82) is 0 Å². The zero-order valence-corrected chi connectivity index (χ0v) is 9.16. The van der Waals surface area contributed by atoms with E-state index >= 15 is 0 Å². The third kappa shape index (κ3) is 2.27. The Morgan fingerprint density at radius 3 is 2.64 bits per heavy atom. The van der Waals surface area contributed by atoms with Gasteiger partial charge < -0.3 is 14.8 Å². The van der Waals surface area contributed by atoms with Crippen molar-refractivity contribution in [3.63, 3.8) is 0 Å². The van der Waals surface area contributed by atoms with Gasteiger partial charge in [-0.05, 0) is 39.2 Å². The smallest absolute Gasteiger partial charge is 0.0990 e. The summed E-state index contributed by atoms with van der Waals surface area (Å²) in [7, 11) is 1.99. The second-order valence-electron chi connectivity index (χ2n) is 4.37. The highest BCUT2D eigenvalue weighted by atomic mass is 16.5. The van der Waals surface area contributed by atoms with Gasteiger partial charge in [0, 0.05) is 19.3 Å². The molecule has 2 rings (SSSR count). The van der Waals surface area contributed by atoms with E-state index in [4.69, 9.17) is 9.47 Å². The average molecular weight is 199 g/mol. The molecule has 0 aromatic rings. The maximum absolute atomic E-state index is 5.83. The van der Waals surface area contributed by atoms with Crippen LogP contribution < -0.4 is 5.32 Å². The van der Waals surface area contributed by atoms with Crippen molar-refractivity contribution in [1.82, 2.24) is 5.32 Å². The molecule has 14 heavy (non-hydrogen) atoms. The van der Waals surface area contributed by atoms with Crippen molar-refractivity contribution in [3.8, 4) is 0 Å². The highest BCUT2D eigenvalue weighted by Crippen LogP contribution is 2.33. The summed E-state index contributed by atoms with van der Waals surface area (Å²) < 4.78 is 11.5. The van der Waals surface area contributed by atoms with E-state index < -0.39 is 0 Å². The molecule has 0 aromatic carbocycles. The van der Waals surface area contributed by atoms with E-state index in [0.717, 1.165) is 25.6 Å². The third-order valence-corrected chi connectivity index (χ3v) is 3.22. The van der Waals surface area contributed by atoms with Gasteiger partial charge in [0.25, 0.3) is 0 Å². The molecule has 82 valence electrons. The molecular weight excluding hydrogens is 178 g/mol. The van der Waals surface area contributed by atoms with Crippen LogP contribution in [0, 0.1) is 5.92 Å². The quantitative estimate of drug-likeness (QED) is 0.697. The highest BCUT2D eigenvalue weighted by molar-refractivity contribution is 4.96. The summed E-state index contributed by atoms with van der Waals surface area (Å²) in [5.41, 5.74) is 0. The molecular formula is C11H21NO2. The van der Waals surface area contributed by atoms with Gasteiger partial charge in [0.2, 0.25) is 0 Å². The summed E-state index contributed by atoms with van der Waals surface area (Å²) in [4.78, 5) is 0. The van der Waals surface area contributed by atoms with Crippen LogP contribution in [0.3, 0.4) is 0 Å². The van der Waals surface area contributed by atoms with Crippen molar-refractivity contribution < 1.29 is 9.47 Å². The molecule has 3 atom stereocenters. The first kappa shape index (κ1) is 10.4. The van der Waals surface area contributed by atoms with Crippen LogP contribution in [0.2, 0.25) is 0 Å². The molecule has 2 fully saturated rings. The molecule has 0 spiro atoms. The lowest BCUT2D eigenvalue weighted by molar-refractivity contribution is -0.145. The highest BCUT2D eigenvalue weighted by Gasteiger charge is 2.42. The van der Waals surface area contributed by atoms with E-state index in [1.807, 2.05) is 14.0 Å². The summed E-state index contributed by atoms with van der Waals surface area (Å²) in [6.07, 6.45) is 4.45. The number of hydrogen-bond donors (Lipinski definition) is 1. The van der Waals surface area contributed by atoms with Crippen molar-refractivity contribution in [2.75, 3.05) is 20.3 Å². The zero-order valence-electron chi connectivity index (χ0n) is 9.16. The predicted octanol–water partition coefficient (Wildman–Crippen LogP) is 1.18. The lowest BCUT2D eigenvalue weighted by Crippen LogP contribution is -2.59. The maximum Gasteiger partial charge on any atom is 0.0990 e. The van der Waals surface area contributed by atoms with Crippen molar-refractivity contribution in [3.05, 3.63) is 0 Å². The Kier molecular flexibility index (Phi) is 3.42. The van der Waals surface area contributed by atoms with Gasteiger partial charge in [-0.3, -0.25) is 0 Å². The van der Waals surface area contributed by atoms with Gasteiger partial charge in [-0.15, -0.1) is 0 Å². The maximum atomic E-state index is 5.83. The van der Waals surface area contributed by atoms with Crippen molar-refractivity contribution in [2.24, 2.45) is 5.92 Å². The van der Waals surface area contributed by atoms with E-state index in [2.05, 4.69) is 5.32 Å². The van der Waals surface area contributed by atoms with Crippen LogP contribution in [0.1, 0.15) is 26.2 Å². The molecule has 0 aromatic heterocycles. The van der Waals surface area contributed by atoms with Crippen molar-refractivity contribution in [2.45, 2.75) is 44.4 Å².